The van der Waals surface area contributed by atoms with E-state index in [4.69, 9.17) is 9.47 Å². The summed E-state index contributed by atoms with van der Waals surface area (Å²) in [7, 11) is 0. The molecule has 0 bridgehead atoms. The van der Waals surface area contributed by atoms with Crippen LogP contribution in [0.1, 0.15) is 31.4 Å². The number of carbonyl (C=O) groups is 2. The van der Waals surface area contributed by atoms with Crippen LogP contribution < -0.4 is 0 Å². The molecule has 2 aromatic rings. The fourth-order valence-corrected chi connectivity index (χ4v) is 2.69. The van der Waals surface area contributed by atoms with Gasteiger partial charge in [0.15, 0.2) is 0 Å². The molecule has 2 aromatic carbocycles. The average molecular weight is 352 g/mol. The number of esters is 2. The predicted molar refractivity (Wildman–Crippen MR) is 102 cm³/mol. The zero-order valence-corrected chi connectivity index (χ0v) is 15.2. The van der Waals surface area contributed by atoms with Gasteiger partial charge in [-0.15, -0.1) is 0 Å². The molecule has 4 heteroatoms. The predicted octanol–water partition coefficient (Wildman–Crippen LogP) is 4.36. The van der Waals surface area contributed by atoms with E-state index >= 15 is 0 Å². The van der Waals surface area contributed by atoms with Gasteiger partial charge < -0.3 is 9.47 Å². The second kappa shape index (κ2) is 10.2. The smallest absolute Gasteiger partial charge is 0.314 e. The molecule has 0 radical (unpaired) electrons. The first-order chi connectivity index (χ1) is 12.7. The van der Waals surface area contributed by atoms with Gasteiger partial charge in [-0.3, -0.25) is 9.59 Å². The maximum atomic E-state index is 12.6. The lowest BCUT2D eigenvalue weighted by atomic mass is 9.88. The number of benzene rings is 2. The van der Waals surface area contributed by atoms with Crippen molar-refractivity contribution < 1.29 is 19.1 Å². The quantitative estimate of drug-likeness (QED) is 0.523. The second-order valence-corrected chi connectivity index (χ2v) is 5.69. The van der Waals surface area contributed by atoms with Crippen molar-refractivity contribution in [2.24, 2.45) is 5.92 Å². The monoisotopic (exact) mass is 352 g/mol. The summed E-state index contributed by atoms with van der Waals surface area (Å²) >= 11 is 0. The van der Waals surface area contributed by atoms with Crippen LogP contribution in [0.25, 0.3) is 11.6 Å². The van der Waals surface area contributed by atoms with Gasteiger partial charge in [-0.1, -0.05) is 66.7 Å². The summed E-state index contributed by atoms with van der Waals surface area (Å²) in [6.45, 7) is 4.03. The molecule has 26 heavy (non-hydrogen) atoms. The first kappa shape index (κ1) is 19.4. The maximum Gasteiger partial charge on any atom is 0.314 e. The molecule has 0 spiro atoms. The molecule has 0 aliphatic rings. The molecular weight excluding hydrogens is 328 g/mol. The normalized spacial score (nSPS) is 12.3. The van der Waals surface area contributed by atoms with Crippen LogP contribution in [0.3, 0.4) is 0 Å². The van der Waals surface area contributed by atoms with Crippen LogP contribution in [0.5, 0.6) is 0 Å². The van der Waals surface area contributed by atoms with E-state index in [1.807, 2.05) is 66.7 Å². The Kier molecular flexibility index (Phi) is 7.62. The van der Waals surface area contributed by atoms with Crippen molar-refractivity contribution in [1.82, 2.24) is 0 Å². The van der Waals surface area contributed by atoms with Gasteiger partial charge >= 0.3 is 11.9 Å². The molecule has 4 nitrogen and oxygen atoms in total. The molecule has 0 N–H and O–H groups in total. The Balaban J connectivity index is 2.48. The summed E-state index contributed by atoms with van der Waals surface area (Å²) in [4.78, 5) is 24.7. The van der Waals surface area contributed by atoms with Crippen LogP contribution in [-0.2, 0) is 19.1 Å². The summed E-state index contributed by atoms with van der Waals surface area (Å²) in [6, 6.07) is 19.3. The van der Waals surface area contributed by atoms with Gasteiger partial charge in [0.2, 0.25) is 0 Å². The topological polar surface area (TPSA) is 52.6 Å². The van der Waals surface area contributed by atoms with Crippen molar-refractivity contribution in [3.05, 3.63) is 71.8 Å². The number of rotatable bonds is 8. The Morgan fingerprint density at radius 3 is 2.04 bits per heavy atom. The van der Waals surface area contributed by atoms with Gasteiger partial charge in [0.05, 0.1) is 25.6 Å². The van der Waals surface area contributed by atoms with Crippen molar-refractivity contribution >= 4 is 23.6 Å². The van der Waals surface area contributed by atoms with E-state index in [1.54, 1.807) is 13.8 Å². The van der Waals surface area contributed by atoms with E-state index < -0.39 is 17.9 Å². The zero-order valence-electron chi connectivity index (χ0n) is 15.2. The van der Waals surface area contributed by atoms with Gasteiger partial charge in [0, 0.05) is 0 Å². The lowest BCUT2D eigenvalue weighted by molar-refractivity contribution is -0.152. The largest absolute Gasteiger partial charge is 0.466 e. The van der Waals surface area contributed by atoms with Crippen LogP contribution >= 0.6 is 0 Å². The minimum atomic E-state index is -0.725. The highest BCUT2D eigenvalue weighted by Gasteiger charge is 2.28. The Labute approximate surface area is 154 Å². The van der Waals surface area contributed by atoms with E-state index in [0.717, 1.165) is 16.7 Å². The molecule has 0 aromatic heterocycles. The van der Waals surface area contributed by atoms with Gasteiger partial charge in [-0.05, 0) is 30.5 Å². The first-order valence-electron chi connectivity index (χ1n) is 8.80. The molecule has 0 fully saturated rings. The highest BCUT2D eigenvalue weighted by atomic mass is 16.5. The number of hydrogen-bond donors (Lipinski definition) is 0. The van der Waals surface area contributed by atoms with Crippen molar-refractivity contribution in [2.45, 2.75) is 20.3 Å². The van der Waals surface area contributed by atoms with Crippen LogP contribution in [0.4, 0.5) is 0 Å². The van der Waals surface area contributed by atoms with Crippen LogP contribution in [-0.4, -0.2) is 25.2 Å². The van der Waals surface area contributed by atoms with Crippen molar-refractivity contribution in [1.29, 1.82) is 0 Å². The molecule has 1 atom stereocenters. The van der Waals surface area contributed by atoms with E-state index in [0.29, 0.717) is 0 Å². The summed E-state index contributed by atoms with van der Waals surface area (Å²) in [5.74, 6) is -1.57. The molecule has 1 unspecified atom stereocenters. The standard InChI is InChI=1S/C22H24O4/c1-3-25-21(23)16-20(22(24)26-4-2)19(18-13-9-6-10-14-18)15-17-11-7-5-8-12-17/h5-15,20H,3-4,16H2,1-2H3. The molecular formula is C22H24O4. The van der Waals surface area contributed by atoms with E-state index in [1.165, 1.54) is 0 Å². The highest BCUT2D eigenvalue weighted by Crippen LogP contribution is 2.30. The van der Waals surface area contributed by atoms with Gasteiger partial charge in [-0.25, -0.2) is 0 Å². The molecule has 136 valence electrons. The first-order valence-corrected chi connectivity index (χ1v) is 8.80. The lowest BCUT2D eigenvalue weighted by Gasteiger charge is -2.19. The average Bonchev–Trinajstić information content (AvgIpc) is 2.66. The number of carbonyl (C=O) groups excluding carboxylic acids is 2. The second-order valence-electron chi connectivity index (χ2n) is 5.69. The van der Waals surface area contributed by atoms with Gasteiger partial charge in [0.25, 0.3) is 0 Å². The van der Waals surface area contributed by atoms with Crippen LogP contribution in [0.2, 0.25) is 0 Å². The molecule has 0 amide bonds. The number of hydrogen-bond acceptors (Lipinski definition) is 4. The molecule has 0 heterocycles. The third-order valence-electron chi connectivity index (χ3n) is 3.85. The third kappa shape index (κ3) is 5.59. The van der Waals surface area contributed by atoms with Gasteiger partial charge in [0.1, 0.15) is 0 Å². The minimum absolute atomic E-state index is 0.0553. The zero-order chi connectivity index (χ0) is 18.8. The fraction of sp³-hybridized carbons (Fsp3) is 0.273. The summed E-state index contributed by atoms with van der Waals surface area (Å²) in [6.07, 6.45) is 1.87. The molecule has 0 aliphatic carbocycles. The van der Waals surface area contributed by atoms with E-state index in [9.17, 15) is 9.59 Å². The molecule has 0 saturated heterocycles. The third-order valence-corrected chi connectivity index (χ3v) is 3.85. The van der Waals surface area contributed by atoms with Crippen LogP contribution in [0, 0.1) is 5.92 Å². The van der Waals surface area contributed by atoms with Gasteiger partial charge in [-0.2, -0.15) is 0 Å². The molecule has 0 aliphatic heterocycles. The fourth-order valence-electron chi connectivity index (χ4n) is 2.69. The Bertz CT molecular complexity index is 735. The van der Waals surface area contributed by atoms with Crippen molar-refractivity contribution in [3.63, 3.8) is 0 Å². The molecule has 2 rings (SSSR count). The minimum Gasteiger partial charge on any atom is -0.466 e. The van der Waals surface area contributed by atoms with E-state index in [2.05, 4.69) is 0 Å². The SMILES string of the molecule is CCOC(=O)CC(C(=O)OCC)C(=Cc1ccccc1)c1ccccc1. The summed E-state index contributed by atoms with van der Waals surface area (Å²) in [5, 5.41) is 0. The van der Waals surface area contributed by atoms with Crippen molar-refractivity contribution in [3.8, 4) is 0 Å². The Morgan fingerprint density at radius 2 is 1.46 bits per heavy atom. The maximum absolute atomic E-state index is 12.6. The Morgan fingerprint density at radius 1 is 0.885 bits per heavy atom. The highest BCUT2D eigenvalue weighted by molar-refractivity contribution is 5.97. The lowest BCUT2D eigenvalue weighted by Crippen LogP contribution is -2.23. The number of ether oxygens (including phenoxy) is 2. The molecule has 0 saturated carbocycles. The van der Waals surface area contributed by atoms with Crippen LogP contribution in [0.15, 0.2) is 60.7 Å². The Hall–Kier alpha value is -2.88. The van der Waals surface area contributed by atoms with E-state index in [-0.39, 0.29) is 19.6 Å². The van der Waals surface area contributed by atoms with Crippen molar-refractivity contribution in [2.75, 3.05) is 13.2 Å². The summed E-state index contributed by atoms with van der Waals surface area (Å²) in [5.41, 5.74) is 2.56. The summed E-state index contributed by atoms with van der Waals surface area (Å²) < 4.78 is 10.3.